The average molecular weight is 223 g/mol. The second-order valence-corrected chi connectivity index (χ2v) is 3.96. The molecule has 0 unspecified atom stereocenters. The Labute approximate surface area is 102 Å². The van der Waals surface area contributed by atoms with E-state index in [1.165, 1.54) is 5.56 Å². The number of aryl methyl sites for hydroxylation is 1. The number of benzene rings is 2. The molecule has 0 heterocycles. The highest BCUT2D eigenvalue weighted by Crippen LogP contribution is 2.20. The van der Waals surface area contributed by atoms with Gasteiger partial charge < -0.3 is 5.73 Å². The first-order valence-corrected chi connectivity index (χ1v) is 5.66. The number of hydrogen-bond donors (Lipinski definition) is 2. The standard InChI is InChI=1S/C15H15N2/c1-2-11-6-8-12(9-7-11)13-4-3-5-14(10-13)15(16)17/h3,5-10H,2H2,1H3,(H3,16,17). The van der Waals surface area contributed by atoms with Gasteiger partial charge in [-0.05, 0) is 35.2 Å². The van der Waals surface area contributed by atoms with Crippen LogP contribution >= 0.6 is 0 Å². The zero-order chi connectivity index (χ0) is 12.3. The minimum absolute atomic E-state index is 0.0884. The molecule has 17 heavy (non-hydrogen) atoms. The number of nitrogens with two attached hydrogens (primary N) is 1. The van der Waals surface area contributed by atoms with E-state index in [2.05, 4.69) is 37.3 Å². The molecule has 2 rings (SSSR count). The van der Waals surface area contributed by atoms with Crippen molar-refractivity contribution < 1.29 is 0 Å². The van der Waals surface area contributed by atoms with Gasteiger partial charge in [0.2, 0.25) is 0 Å². The minimum atomic E-state index is 0.0884. The minimum Gasteiger partial charge on any atom is -0.384 e. The summed E-state index contributed by atoms with van der Waals surface area (Å²) < 4.78 is 0. The maximum atomic E-state index is 7.42. The van der Waals surface area contributed by atoms with Crippen LogP contribution in [0.5, 0.6) is 0 Å². The van der Waals surface area contributed by atoms with E-state index in [1.54, 1.807) is 12.1 Å². The molecule has 0 aromatic heterocycles. The third-order valence-corrected chi connectivity index (χ3v) is 2.79. The smallest absolute Gasteiger partial charge is 0.122 e. The summed E-state index contributed by atoms with van der Waals surface area (Å²) in [7, 11) is 0. The molecule has 0 atom stereocenters. The largest absolute Gasteiger partial charge is 0.384 e. The lowest BCUT2D eigenvalue weighted by atomic mass is 10.0. The highest BCUT2D eigenvalue weighted by Gasteiger charge is 2.01. The van der Waals surface area contributed by atoms with E-state index < -0.39 is 0 Å². The quantitative estimate of drug-likeness (QED) is 0.610. The molecule has 0 saturated heterocycles. The predicted octanol–water partition coefficient (Wildman–Crippen LogP) is 3.00. The molecule has 2 aromatic carbocycles. The Morgan fingerprint density at radius 3 is 2.53 bits per heavy atom. The third kappa shape index (κ3) is 2.53. The van der Waals surface area contributed by atoms with Gasteiger partial charge >= 0.3 is 0 Å². The molecule has 2 aromatic rings. The van der Waals surface area contributed by atoms with Crippen molar-refractivity contribution in [2.24, 2.45) is 5.73 Å². The van der Waals surface area contributed by atoms with Crippen LogP contribution in [0, 0.1) is 11.5 Å². The van der Waals surface area contributed by atoms with E-state index in [9.17, 15) is 0 Å². The van der Waals surface area contributed by atoms with Gasteiger partial charge in [0.25, 0.3) is 0 Å². The summed E-state index contributed by atoms with van der Waals surface area (Å²) >= 11 is 0. The van der Waals surface area contributed by atoms with Crippen molar-refractivity contribution in [2.45, 2.75) is 13.3 Å². The van der Waals surface area contributed by atoms with E-state index >= 15 is 0 Å². The number of amidine groups is 1. The molecule has 0 bridgehead atoms. The highest BCUT2D eigenvalue weighted by molar-refractivity contribution is 5.96. The van der Waals surface area contributed by atoms with Gasteiger partial charge in [-0.2, -0.15) is 0 Å². The molecule has 0 saturated carbocycles. The van der Waals surface area contributed by atoms with Crippen LogP contribution in [0.3, 0.4) is 0 Å². The van der Waals surface area contributed by atoms with E-state index in [4.69, 9.17) is 11.1 Å². The molecule has 0 aliphatic heterocycles. The van der Waals surface area contributed by atoms with E-state index in [-0.39, 0.29) is 5.84 Å². The summed E-state index contributed by atoms with van der Waals surface area (Å²) in [5.41, 5.74) is 9.60. The summed E-state index contributed by atoms with van der Waals surface area (Å²) in [5, 5.41) is 7.42. The van der Waals surface area contributed by atoms with E-state index in [0.717, 1.165) is 23.1 Å². The fourth-order valence-corrected chi connectivity index (χ4v) is 1.72. The number of hydrogen-bond acceptors (Lipinski definition) is 1. The molecule has 0 amide bonds. The summed E-state index contributed by atoms with van der Waals surface area (Å²) in [5.74, 6) is 0.0884. The van der Waals surface area contributed by atoms with Gasteiger partial charge in [-0.1, -0.05) is 43.3 Å². The molecular formula is C15H15N2. The lowest BCUT2D eigenvalue weighted by molar-refractivity contribution is 1.14. The zero-order valence-corrected chi connectivity index (χ0v) is 9.83. The van der Waals surface area contributed by atoms with Gasteiger partial charge in [0, 0.05) is 5.56 Å². The van der Waals surface area contributed by atoms with Gasteiger partial charge in [0.15, 0.2) is 0 Å². The van der Waals surface area contributed by atoms with E-state index in [1.807, 2.05) is 6.07 Å². The van der Waals surface area contributed by atoms with Crippen LogP contribution in [0.2, 0.25) is 0 Å². The van der Waals surface area contributed by atoms with Crippen LogP contribution in [0.1, 0.15) is 18.1 Å². The molecule has 0 aliphatic rings. The zero-order valence-electron chi connectivity index (χ0n) is 9.83. The van der Waals surface area contributed by atoms with Crippen LogP contribution in [0.4, 0.5) is 0 Å². The van der Waals surface area contributed by atoms with Crippen molar-refractivity contribution in [3.05, 3.63) is 59.7 Å². The topological polar surface area (TPSA) is 49.9 Å². The fraction of sp³-hybridized carbons (Fsp3) is 0.133. The Balaban J connectivity index is 2.38. The average Bonchev–Trinajstić information content (AvgIpc) is 2.39. The maximum absolute atomic E-state index is 7.42. The molecule has 0 fully saturated rings. The van der Waals surface area contributed by atoms with Gasteiger partial charge in [-0.3, -0.25) is 5.41 Å². The Bertz CT molecular complexity index is 527. The normalized spacial score (nSPS) is 10.2. The molecular weight excluding hydrogens is 208 g/mol. The second-order valence-electron chi connectivity index (χ2n) is 3.96. The lowest BCUT2D eigenvalue weighted by Gasteiger charge is -2.05. The van der Waals surface area contributed by atoms with Crippen LogP contribution in [0.15, 0.2) is 42.5 Å². The number of rotatable bonds is 3. The molecule has 0 spiro atoms. The Kier molecular flexibility index (Phi) is 3.24. The summed E-state index contributed by atoms with van der Waals surface area (Å²) in [4.78, 5) is 0. The van der Waals surface area contributed by atoms with Crippen molar-refractivity contribution in [2.75, 3.05) is 0 Å². The van der Waals surface area contributed by atoms with Gasteiger partial charge in [-0.25, -0.2) is 0 Å². The molecule has 0 aliphatic carbocycles. The van der Waals surface area contributed by atoms with E-state index in [0.29, 0.717) is 0 Å². The van der Waals surface area contributed by atoms with Crippen molar-refractivity contribution in [1.82, 2.24) is 0 Å². The SMILES string of the molecule is CCc1ccc(-c2[c]ccc(C(=N)N)c2)cc1. The van der Waals surface area contributed by atoms with Crippen molar-refractivity contribution >= 4 is 5.84 Å². The van der Waals surface area contributed by atoms with Crippen molar-refractivity contribution in [3.63, 3.8) is 0 Å². The summed E-state index contributed by atoms with van der Waals surface area (Å²) in [6.07, 6.45) is 1.04. The number of nitrogens with one attached hydrogen (secondary N) is 1. The lowest BCUT2D eigenvalue weighted by Crippen LogP contribution is -2.10. The highest BCUT2D eigenvalue weighted by atomic mass is 14.7. The first-order valence-electron chi connectivity index (χ1n) is 5.66. The Morgan fingerprint density at radius 1 is 1.24 bits per heavy atom. The molecule has 2 heteroatoms. The molecule has 85 valence electrons. The Morgan fingerprint density at radius 2 is 1.94 bits per heavy atom. The van der Waals surface area contributed by atoms with Gasteiger partial charge in [0.05, 0.1) is 0 Å². The van der Waals surface area contributed by atoms with Gasteiger partial charge in [0.1, 0.15) is 5.84 Å². The van der Waals surface area contributed by atoms with Crippen LogP contribution < -0.4 is 5.73 Å². The van der Waals surface area contributed by atoms with Crippen molar-refractivity contribution in [3.8, 4) is 11.1 Å². The predicted molar refractivity (Wildman–Crippen MR) is 71.1 cm³/mol. The van der Waals surface area contributed by atoms with Crippen LogP contribution in [0.25, 0.3) is 11.1 Å². The first kappa shape index (κ1) is 11.4. The number of nitrogen functional groups attached to an aromatic ring is 1. The summed E-state index contributed by atoms with van der Waals surface area (Å²) in [6, 6.07) is 17.0. The van der Waals surface area contributed by atoms with Crippen LogP contribution in [-0.2, 0) is 6.42 Å². The monoisotopic (exact) mass is 223 g/mol. The molecule has 3 N–H and O–H groups in total. The fourth-order valence-electron chi connectivity index (χ4n) is 1.72. The maximum Gasteiger partial charge on any atom is 0.122 e. The molecule has 1 radical (unpaired) electrons. The third-order valence-electron chi connectivity index (χ3n) is 2.79. The van der Waals surface area contributed by atoms with Gasteiger partial charge in [-0.15, -0.1) is 0 Å². The van der Waals surface area contributed by atoms with Crippen LogP contribution in [-0.4, -0.2) is 5.84 Å². The second kappa shape index (κ2) is 4.83. The Hall–Kier alpha value is -2.09. The first-order chi connectivity index (χ1) is 8.20. The molecule has 2 nitrogen and oxygen atoms in total. The van der Waals surface area contributed by atoms with Crippen molar-refractivity contribution in [1.29, 1.82) is 5.41 Å². The summed E-state index contributed by atoms with van der Waals surface area (Å²) in [6.45, 7) is 2.14.